The molecule has 6 nitrogen and oxygen atoms in total. The third kappa shape index (κ3) is 3.40. The summed E-state index contributed by atoms with van der Waals surface area (Å²) in [5.41, 5.74) is 2.59. The molecule has 0 aliphatic rings. The van der Waals surface area contributed by atoms with Crippen molar-refractivity contribution in [3.63, 3.8) is 0 Å². The van der Waals surface area contributed by atoms with Crippen LogP contribution in [0.3, 0.4) is 0 Å². The van der Waals surface area contributed by atoms with E-state index in [1.54, 1.807) is 23.6 Å². The van der Waals surface area contributed by atoms with E-state index in [1.165, 1.54) is 29.7 Å². The topological polar surface area (TPSA) is 84.6 Å². The van der Waals surface area contributed by atoms with Crippen molar-refractivity contribution in [3.05, 3.63) is 61.3 Å². The van der Waals surface area contributed by atoms with E-state index in [2.05, 4.69) is 10.5 Å². The molecular formula is C12H8ClN3O3S. The first-order valence-corrected chi connectivity index (χ1v) is 6.64. The Hall–Kier alpha value is -2.25. The van der Waals surface area contributed by atoms with Crippen LogP contribution in [0.1, 0.15) is 15.2 Å². The van der Waals surface area contributed by atoms with Gasteiger partial charge in [-0.2, -0.15) is 5.10 Å². The first kappa shape index (κ1) is 14.2. The monoisotopic (exact) mass is 309 g/mol. The van der Waals surface area contributed by atoms with E-state index in [-0.39, 0.29) is 16.6 Å². The van der Waals surface area contributed by atoms with Crippen LogP contribution < -0.4 is 5.43 Å². The molecule has 1 N–H and O–H groups in total. The summed E-state index contributed by atoms with van der Waals surface area (Å²) in [6.07, 6.45) is 1.31. The lowest BCUT2D eigenvalue weighted by Gasteiger charge is -1.98. The van der Waals surface area contributed by atoms with Gasteiger partial charge in [0.15, 0.2) is 0 Å². The number of rotatable bonds is 4. The Kier molecular flexibility index (Phi) is 4.44. The first-order valence-electron chi connectivity index (χ1n) is 5.39. The van der Waals surface area contributed by atoms with Crippen molar-refractivity contribution >= 4 is 40.7 Å². The minimum absolute atomic E-state index is 0.0507. The Labute approximate surface area is 122 Å². The highest BCUT2D eigenvalue weighted by Gasteiger charge is 2.11. The fourth-order valence-electron chi connectivity index (χ4n) is 1.38. The van der Waals surface area contributed by atoms with Crippen LogP contribution in [0.25, 0.3) is 0 Å². The molecule has 0 bridgehead atoms. The standard InChI is InChI=1S/C12H8ClN3O3S/c13-9-4-3-8(6-10(9)16(18)19)7-14-15-12(17)11-2-1-5-20-11/h1-7H,(H,15,17). The van der Waals surface area contributed by atoms with Crippen molar-refractivity contribution in [1.82, 2.24) is 5.43 Å². The SMILES string of the molecule is O=C(NN=Cc1ccc(Cl)c([N+](=O)[O-])c1)c1cccs1. The molecule has 0 aliphatic heterocycles. The number of hydrogen-bond acceptors (Lipinski definition) is 5. The highest BCUT2D eigenvalue weighted by molar-refractivity contribution is 7.12. The number of carbonyl (C=O) groups excluding carboxylic acids is 1. The molecule has 0 saturated carbocycles. The Balaban J connectivity index is 2.07. The normalized spacial score (nSPS) is 10.7. The minimum atomic E-state index is -0.579. The molecule has 0 radical (unpaired) electrons. The van der Waals surface area contributed by atoms with E-state index in [0.717, 1.165) is 0 Å². The van der Waals surface area contributed by atoms with Crippen LogP contribution >= 0.6 is 22.9 Å². The maximum Gasteiger partial charge on any atom is 0.288 e. The van der Waals surface area contributed by atoms with Gasteiger partial charge < -0.3 is 0 Å². The van der Waals surface area contributed by atoms with Crippen LogP contribution in [0.5, 0.6) is 0 Å². The Bertz CT molecular complexity index is 671. The third-order valence-corrected chi connectivity index (χ3v) is 3.48. The summed E-state index contributed by atoms with van der Waals surface area (Å²) in [5, 5.41) is 16.3. The lowest BCUT2D eigenvalue weighted by molar-refractivity contribution is -0.384. The third-order valence-electron chi connectivity index (χ3n) is 2.29. The Morgan fingerprint density at radius 2 is 2.25 bits per heavy atom. The number of halogens is 1. The number of nitro benzene ring substituents is 1. The zero-order valence-corrected chi connectivity index (χ0v) is 11.5. The molecule has 0 saturated heterocycles. The van der Waals surface area contributed by atoms with Crippen molar-refractivity contribution in [1.29, 1.82) is 0 Å². The molecule has 8 heteroatoms. The average molecular weight is 310 g/mol. The van der Waals surface area contributed by atoms with E-state index in [4.69, 9.17) is 11.6 Å². The van der Waals surface area contributed by atoms with Gasteiger partial charge in [0.25, 0.3) is 11.6 Å². The number of nitro groups is 1. The second-order valence-corrected chi connectivity index (χ2v) is 5.00. The predicted octanol–water partition coefficient (Wildman–Crippen LogP) is 3.07. The number of thiophene rings is 1. The number of amides is 1. The van der Waals surface area contributed by atoms with Gasteiger partial charge in [0, 0.05) is 11.6 Å². The Morgan fingerprint density at radius 1 is 1.45 bits per heavy atom. The summed E-state index contributed by atoms with van der Waals surface area (Å²) < 4.78 is 0. The van der Waals surface area contributed by atoms with Gasteiger partial charge in [0.05, 0.1) is 16.0 Å². The van der Waals surface area contributed by atoms with E-state index >= 15 is 0 Å². The summed E-state index contributed by atoms with van der Waals surface area (Å²) in [6, 6.07) is 7.68. The van der Waals surface area contributed by atoms with Gasteiger partial charge in [0.1, 0.15) is 5.02 Å². The average Bonchev–Trinajstić information content (AvgIpc) is 2.94. The lowest BCUT2D eigenvalue weighted by Crippen LogP contribution is -2.16. The zero-order valence-electron chi connectivity index (χ0n) is 9.95. The van der Waals surface area contributed by atoms with Crippen molar-refractivity contribution in [2.45, 2.75) is 0 Å². The van der Waals surface area contributed by atoms with Crippen molar-refractivity contribution in [2.24, 2.45) is 5.10 Å². The summed E-state index contributed by atoms with van der Waals surface area (Å²) in [4.78, 5) is 22.3. The molecule has 1 heterocycles. The predicted molar refractivity (Wildman–Crippen MR) is 77.5 cm³/mol. The van der Waals surface area contributed by atoms with Crippen LogP contribution in [0, 0.1) is 10.1 Å². The lowest BCUT2D eigenvalue weighted by atomic mass is 10.2. The molecule has 0 unspecified atom stereocenters. The van der Waals surface area contributed by atoms with E-state index in [9.17, 15) is 14.9 Å². The number of benzene rings is 1. The molecule has 1 aromatic heterocycles. The van der Waals surface area contributed by atoms with Crippen molar-refractivity contribution in [2.75, 3.05) is 0 Å². The second kappa shape index (κ2) is 6.27. The largest absolute Gasteiger partial charge is 0.288 e. The number of nitrogens with zero attached hydrogens (tertiary/aromatic N) is 2. The smallest absolute Gasteiger partial charge is 0.266 e. The van der Waals surface area contributed by atoms with Gasteiger partial charge in [-0.3, -0.25) is 14.9 Å². The molecule has 1 amide bonds. The van der Waals surface area contributed by atoms with Gasteiger partial charge in [-0.05, 0) is 17.5 Å². The highest BCUT2D eigenvalue weighted by atomic mass is 35.5. The van der Waals surface area contributed by atoms with Crippen LogP contribution in [0.15, 0.2) is 40.8 Å². The number of hydrogen-bond donors (Lipinski definition) is 1. The van der Waals surface area contributed by atoms with Gasteiger partial charge in [0.2, 0.25) is 0 Å². The fourth-order valence-corrected chi connectivity index (χ4v) is 2.18. The fraction of sp³-hybridized carbons (Fsp3) is 0. The molecule has 0 aliphatic carbocycles. The quantitative estimate of drug-likeness (QED) is 0.535. The van der Waals surface area contributed by atoms with Gasteiger partial charge in [-0.25, -0.2) is 5.43 Å². The second-order valence-electron chi connectivity index (χ2n) is 3.64. The van der Waals surface area contributed by atoms with Crippen molar-refractivity contribution < 1.29 is 9.72 Å². The molecule has 0 atom stereocenters. The molecule has 102 valence electrons. The van der Waals surface area contributed by atoms with Crippen molar-refractivity contribution in [3.8, 4) is 0 Å². The van der Waals surface area contributed by atoms with Gasteiger partial charge in [-0.15, -0.1) is 11.3 Å². The molecule has 1 aromatic carbocycles. The van der Waals surface area contributed by atoms with Crippen LogP contribution in [0.4, 0.5) is 5.69 Å². The minimum Gasteiger partial charge on any atom is -0.266 e. The van der Waals surface area contributed by atoms with Crippen LogP contribution in [0.2, 0.25) is 5.02 Å². The first-order chi connectivity index (χ1) is 9.58. The summed E-state index contributed by atoms with van der Waals surface area (Å²) in [7, 11) is 0. The van der Waals surface area contributed by atoms with Crippen LogP contribution in [-0.2, 0) is 0 Å². The number of nitrogens with one attached hydrogen (secondary N) is 1. The highest BCUT2D eigenvalue weighted by Crippen LogP contribution is 2.24. The molecule has 20 heavy (non-hydrogen) atoms. The van der Waals surface area contributed by atoms with E-state index in [1.807, 2.05) is 0 Å². The summed E-state index contributed by atoms with van der Waals surface area (Å²) >= 11 is 6.98. The number of carbonyl (C=O) groups is 1. The zero-order chi connectivity index (χ0) is 14.5. The molecular weight excluding hydrogens is 302 g/mol. The van der Waals surface area contributed by atoms with Gasteiger partial charge >= 0.3 is 0 Å². The van der Waals surface area contributed by atoms with E-state index in [0.29, 0.717) is 10.4 Å². The molecule has 2 rings (SSSR count). The summed E-state index contributed by atoms with van der Waals surface area (Å²) in [6.45, 7) is 0. The molecule has 2 aromatic rings. The van der Waals surface area contributed by atoms with E-state index < -0.39 is 4.92 Å². The molecule has 0 fully saturated rings. The molecule has 0 spiro atoms. The summed E-state index contributed by atoms with van der Waals surface area (Å²) in [5.74, 6) is -0.334. The van der Waals surface area contributed by atoms with Gasteiger partial charge in [-0.1, -0.05) is 23.7 Å². The Morgan fingerprint density at radius 3 is 2.90 bits per heavy atom. The maximum absolute atomic E-state index is 11.6. The van der Waals surface area contributed by atoms with Crippen LogP contribution in [-0.4, -0.2) is 17.0 Å². The number of hydrazone groups is 1. The maximum atomic E-state index is 11.6.